The number of benzene rings is 1. The van der Waals surface area contributed by atoms with Gasteiger partial charge in [0.1, 0.15) is 0 Å². The normalized spacial score (nSPS) is 10.8. The number of esters is 1. The predicted octanol–water partition coefficient (Wildman–Crippen LogP) is 4.50. The second-order valence-electron chi connectivity index (χ2n) is 6.34. The highest BCUT2D eigenvalue weighted by atomic mass is 32.2. The standard InChI is InChI=1S/C21H24N4O3S2/c1-4-17-11-15(12-29-17)19-23-24-21(25(19)5-2)30-13-18(26)22-16-9-7-14(8-10-16)20(27)28-6-3/h7-12H,4-6,13H2,1-3H3,(H,22,26). The number of nitrogens with one attached hydrogen (secondary N) is 1. The van der Waals surface area contributed by atoms with Gasteiger partial charge in [-0.2, -0.15) is 0 Å². The third-order valence-electron chi connectivity index (χ3n) is 4.31. The summed E-state index contributed by atoms with van der Waals surface area (Å²) >= 11 is 3.06. The Morgan fingerprint density at radius 1 is 1.17 bits per heavy atom. The monoisotopic (exact) mass is 444 g/mol. The van der Waals surface area contributed by atoms with Crippen molar-refractivity contribution in [3.8, 4) is 11.4 Å². The Balaban J connectivity index is 1.60. The number of hydrogen-bond acceptors (Lipinski definition) is 7. The Hall–Kier alpha value is -2.65. The largest absolute Gasteiger partial charge is 0.462 e. The fraction of sp³-hybridized carbons (Fsp3) is 0.333. The Morgan fingerprint density at radius 2 is 1.93 bits per heavy atom. The molecule has 0 unspecified atom stereocenters. The van der Waals surface area contributed by atoms with Crippen molar-refractivity contribution in [1.29, 1.82) is 0 Å². The van der Waals surface area contributed by atoms with Gasteiger partial charge in [0.15, 0.2) is 11.0 Å². The van der Waals surface area contributed by atoms with Crippen molar-refractivity contribution >= 4 is 40.7 Å². The minimum atomic E-state index is -0.377. The maximum absolute atomic E-state index is 12.3. The van der Waals surface area contributed by atoms with Gasteiger partial charge >= 0.3 is 5.97 Å². The summed E-state index contributed by atoms with van der Waals surface area (Å²) in [4.78, 5) is 25.3. The van der Waals surface area contributed by atoms with Crippen molar-refractivity contribution in [2.45, 2.75) is 38.9 Å². The lowest BCUT2D eigenvalue weighted by molar-refractivity contribution is -0.113. The molecule has 2 heterocycles. The number of amides is 1. The number of aromatic nitrogens is 3. The van der Waals surface area contributed by atoms with Crippen LogP contribution in [0.4, 0.5) is 5.69 Å². The van der Waals surface area contributed by atoms with Crippen LogP contribution in [0, 0.1) is 0 Å². The fourth-order valence-electron chi connectivity index (χ4n) is 2.81. The molecule has 1 amide bonds. The summed E-state index contributed by atoms with van der Waals surface area (Å²) in [5, 5.41) is 14.2. The topological polar surface area (TPSA) is 86.1 Å². The number of thioether (sulfide) groups is 1. The van der Waals surface area contributed by atoms with Crippen molar-refractivity contribution in [2.24, 2.45) is 0 Å². The van der Waals surface area contributed by atoms with Crippen LogP contribution in [0.15, 0.2) is 40.9 Å². The lowest BCUT2D eigenvalue weighted by Crippen LogP contribution is -2.15. The maximum atomic E-state index is 12.3. The summed E-state index contributed by atoms with van der Waals surface area (Å²) < 4.78 is 6.98. The summed E-state index contributed by atoms with van der Waals surface area (Å²) in [6.07, 6.45) is 0.994. The smallest absolute Gasteiger partial charge is 0.338 e. The molecule has 3 aromatic rings. The molecule has 0 spiro atoms. The number of nitrogens with zero attached hydrogens (tertiary/aromatic N) is 3. The van der Waals surface area contributed by atoms with Crippen molar-refractivity contribution in [3.05, 3.63) is 46.2 Å². The van der Waals surface area contributed by atoms with Gasteiger partial charge in [-0.05, 0) is 50.6 Å². The van der Waals surface area contributed by atoms with Gasteiger partial charge in [0.05, 0.1) is 17.9 Å². The highest BCUT2D eigenvalue weighted by Crippen LogP contribution is 2.28. The first-order valence-electron chi connectivity index (χ1n) is 9.76. The van der Waals surface area contributed by atoms with E-state index >= 15 is 0 Å². The first kappa shape index (κ1) is 22.0. The lowest BCUT2D eigenvalue weighted by atomic mass is 10.2. The van der Waals surface area contributed by atoms with Crippen LogP contribution in [0.25, 0.3) is 11.4 Å². The Labute approximate surface area is 183 Å². The summed E-state index contributed by atoms with van der Waals surface area (Å²) in [7, 11) is 0. The number of anilines is 1. The van der Waals surface area contributed by atoms with Gasteiger partial charge in [-0.1, -0.05) is 18.7 Å². The van der Waals surface area contributed by atoms with Gasteiger partial charge in [-0.15, -0.1) is 21.5 Å². The molecule has 30 heavy (non-hydrogen) atoms. The molecule has 0 bridgehead atoms. The number of rotatable bonds is 9. The Morgan fingerprint density at radius 3 is 2.57 bits per heavy atom. The van der Waals surface area contributed by atoms with E-state index in [9.17, 15) is 9.59 Å². The lowest BCUT2D eigenvalue weighted by Gasteiger charge is -2.08. The molecular weight excluding hydrogens is 420 g/mol. The summed E-state index contributed by atoms with van der Waals surface area (Å²) in [5.74, 6) is 0.504. The van der Waals surface area contributed by atoms with Crippen LogP contribution in [0.5, 0.6) is 0 Å². The van der Waals surface area contributed by atoms with E-state index < -0.39 is 0 Å². The molecule has 9 heteroatoms. The molecule has 0 radical (unpaired) electrons. The van der Waals surface area contributed by atoms with E-state index in [2.05, 4.69) is 33.9 Å². The second kappa shape index (κ2) is 10.4. The predicted molar refractivity (Wildman–Crippen MR) is 120 cm³/mol. The highest BCUT2D eigenvalue weighted by molar-refractivity contribution is 7.99. The molecule has 0 fully saturated rings. The molecule has 0 saturated carbocycles. The molecule has 0 atom stereocenters. The van der Waals surface area contributed by atoms with E-state index in [4.69, 9.17) is 4.74 Å². The van der Waals surface area contributed by atoms with Crippen molar-refractivity contribution in [3.63, 3.8) is 0 Å². The Kier molecular flexibility index (Phi) is 7.64. The van der Waals surface area contributed by atoms with Crippen LogP contribution in [0.2, 0.25) is 0 Å². The number of carbonyl (C=O) groups excluding carboxylic acids is 2. The number of ether oxygens (including phenoxy) is 1. The van der Waals surface area contributed by atoms with Gasteiger partial charge in [0.2, 0.25) is 5.91 Å². The number of hydrogen-bond donors (Lipinski definition) is 1. The van der Waals surface area contributed by atoms with E-state index in [1.807, 2.05) is 11.5 Å². The Bertz CT molecular complexity index is 1010. The van der Waals surface area contributed by atoms with E-state index in [0.29, 0.717) is 23.0 Å². The molecule has 0 aliphatic rings. The fourth-order valence-corrected chi connectivity index (χ4v) is 4.42. The van der Waals surface area contributed by atoms with E-state index in [1.165, 1.54) is 16.6 Å². The zero-order valence-electron chi connectivity index (χ0n) is 17.2. The quantitative estimate of drug-likeness (QED) is 0.386. The van der Waals surface area contributed by atoms with Gasteiger partial charge in [-0.25, -0.2) is 4.79 Å². The van der Waals surface area contributed by atoms with Crippen LogP contribution in [0.1, 0.15) is 36.0 Å². The van der Waals surface area contributed by atoms with Crippen LogP contribution in [-0.2, 0) is 22.5 Å². The molecule has 158 valence electrons. The van der Waals surface area contributed by atoms with Gasteiger partial charge < -0.3 is 14.6 Å². The van der Waals surface area contributed by atoms with E-state index in [0.717, 1.165) is 24.4 Å². The zero-order chi connectivity index (χ0) is 21.5. The van der Waals surface area contributed by atoms with Gasteiger partial charge in [-0.3, -0.25) is 4.79 Å². The van der Waals surface area contributed by atoms with Crippen molar-refractivity contribution < 1.29 is 14.3 Å². The van der Waals surface area contributed by atoms with Crippen LogP contribution < -0.4 is 5.32 Å². The number of carbonyl (C=O) groups is 2. The molecule has 1 N–H and O–H groups in total. The zero-order valence-corrected chi connectivity index (χ0v) is 18.8. The first-order valence-corrected chi connectivity index (χ1v) is 11.6. The highest BCUT2D eigenvalue weighted by Gasteiger charge is 2.16. The summed E-state index contributed by atoms with van der Waals surface area (Å²) in [5.41, 5.74) is 2.13. The van der Waals surface area contributed by atoms with Crippen LogP contribution >= 0.6 is 23.1 Å². The van der Waals surface area contributed by atoms with Crippen molar-refractivity contribution in [1.82, 2.24) is 14.8 Å². The molecular formula is C21H24N4O3S2. The molecule has 0 saturated heterocycles. The van der Waals surface area contributed by atoms with E-state index in [1.54, 1.807) is 42.5 Å². The third-order valence-corrected chi connectivity index (χ3v) is 6.35. The molecule has 2 aromatic heterocycles. The summed E-state index contributed by atoms with van der Waals surface area (Å²) in [6.45, 7) is 6.97. The maximum Gasteiger partial charge on any atom is 0.338 e. The first-order chi connectivity index (χ1) is 14.5. The average molecular weight is 445 g/mol. The second-order valence-corrected chi connectivity index (χ2v) is 8.28. The number of aryl methyl sites for hydroxylation is 1. The average Bonchev–Trinajstić information content (AvgIpc) is 3.39. The van der Waals surface area contributed by atoms with Gasteiger partial charge in [0, 0.05) is 28.1 Å². The molecule has 0 aliphatic heterocycles. The summed E-state index contributed by atoms with van der Waals surface area (Å²) in [6, 6.07) is 8.77. The minimum Gasteiger partial charge on any atom is -0.462 e. The van der Waals surface area contributed by atoms with E-state index in [-0.39, 0.29) is 17.6 Å². The minimum absolute atomic E-state index is 0.153. The van der Waals surface area contributed by atoms with Crippen LogP contribution in [-0.4, -0.2) is 39.0 Å². The molecule has 0 aliphatic carbocycles. The van der Waals surface area contributed by atoms with Crippen molar-refractivity contribution in [2.75, 3.05) is 17.7 Å². The third kappa shape index (κ3) is 5.28. The molecule has 1 aromatic carbocycles. The number of thiophene rings is 1. The SMILES string of the molecule is CCOC(=O)c1ccc(NC(=O)CSc2nnc(-c3csc(CC)c3)n2CC)cc1. The molecule has 3 rings (SSSR count). The van der Waals surface area contributed by atoms with Crippen LogP contribution in [0.3, 0.4) is 0 Å². The van der Waals surface area contributed by atoms with Gasteiger partial charge in [0.25, 0.3) is 0 Å². The molecule has 7 nitrogen and oxygen atoms in total.